The van der Waals surface area contributed by atoms with E-state index < -0.39 is 23.9 Å². The summed E-state index contributed by atoms with van der Waals surface area (Å²) in [7, 11) is 0. The van der Waals surface area contributed by atoms with Crippen molar-refractivity contribution in [2.24, 2.45) is 5.73 Å². The molecule has 120 valence electrons. The van der Waals surface area contributed by atoms with Crippen LogP contribution in [0.1, 0.15) is 10.4 Å². The maximum absolute atomic E-state index is 11.9. The van der Waals surface area contributed by atoms with Crippen LogP contribution >= 0.6 is 11.8 Å². The van der Waals surface area contributed by atoms with Gasteiger partial charge >= 0.3 is 11.9 Å². The lowest BCUT2D eigenvalue weighted by molar-refractivity contribution is -0.148. The van der Waals surface area contributed by atoms with Gasteiger partial charge in [-0.15, -0.1) is 11.8 Å². The molecule has 1 saturated heterocycles. The molecule has 0 saturated carbocycles. The normalized spacial score (nSPS) is 23.2. The van der Waals surface area contributed by atoms with Gasteiger partial charge in [-0.05, 0) is 12.1 Å². The number of carbonyl (C=O) groups is 3. The van der Waals surface area contributed by atoms with Crippen LogP contribution < -0.4 is 5.73 Å². The van der Waals surface area contributed by atoms with Gasteiger partial charge in [0.15, 0.2) is 0 Å². The maximum Gasteiger partial charge on any atom is 0.352 e. The van der Waals surface area contributed by atoms with E-state index in [2.05, 4.69) is 0 Å². The van der Waals surface area contributed by atoms with Crippen molar-refractivity contribution in [1.29, 1.82) is 0 Å². The van der Waals surface area contributed by atoms with Crippen LogP contribution in [0.2, 0.25) is 0 Å². The van der Waals surface area contributed by atoms with Crippen molar-refractivity contribution in [2.45, 2.75) is 11.4 Å². The molecule has 0 radical (unpaired) electrons. The van der Waals surface area contributed by atoms with Crippen LogP contribution in [0, 0.1) is 0 Å². The average molecular weight is 334 g/mol. The van der Waals surface area contributed by atoms with Gasteiger partial charge in [0.2, 0.25) is 5.91 Å². The topological polar surface area (TPSA) is 110 Å². The number of aliphatic carboxylic acids is 1. The van der Waals surface area contributed by atoms with Gasteiger partial charge in [0.1, 0.15) is 23.7 Å². The molecule has 1 amide bonds. The molecule has 8 heteroatoms. The van der Waals surface area contributed by atoms with Gasteiger partial charge < -0.3 is 15.6 Å². The summed E-state index contributed by atoms with van der Waals surface area (Å²) in [6.07, 6.45) is 0. The summed E-state index contributed by atoms with van der Waals surface area (Å²) in [6.45, 7) is -0.173. The van der Waals surface area contributed by atoms with Gasteiger partial charge in [0, 0.05) is 11.3 Å². The van der Waals surface area contributed by atoms with Gasteiger partial charge in [-0.2, -0.15) is 0 Å². The number of hydrogen-bond donors (Lipinski definition) is 2. The largest absolute Gasteiger partial charge is 0.477 e. The molecule has 1 fully saturated rings. The van der Waals surface area contributed by atoms with E-state index in [1.54, 1.807) is 30.3 Å². The number of β-lactam (4-membered cyclic amide) rings is 1. The van der Waals surface area contributed by atoms with Crippen molar-refractivity contribution in [3.8, 4) is 0 Å². The first-order chi connectivity index (χ1) is 11.0. The fraction of sp³-hybridized carbons (Fsp3) is 0.267. The zero-order valence-electron chi connectivity index (χ0n) is 12.0. The van der Waals surface area contributed by atoms with E-state index in [1.807, 2.05) is 0 Å². The van der Waals surface area contributed by atoms with E-state index >= 15 is 0 Å². The van der Waals surface area contributed by atoms with Crippen molar-refractivity contribution < 1.29 is 24.2 Å². The summed E-state index contributed by atoms with van der Waals surface area (Å²) in [5.41, 5.74) is 6.32. The number of nitrogens with zero attached hydrogens (tertiary/aromatic N) is 1. The Balaban J connectivity index is 1.76. The second-order valence-corrected chi connectivity index (χ2v) is 6.24. The highest BCUT2D eigenvalue weighted by atomic mass is 32.2. The molecule has 7 nitrogen and oxygen atoms in total. The number of carbonyl (C=O) groups excluding carboxylic acids is 2. The Morgan fingerprint density at radius 1 is 1.35 bits per heavy atom. The van der Waals surface area contributed by atoms with Crippen molar-refractivity contribution in [3.05, 3.63) is 47.2 Å². The number of ether oxygens (including phenoxy) is 1. The van der Waals surface area contributed by atoms with Crippen molar-refractivity contribution in [1.82, 2.24) is 4.90 Å². The number of carboxylic acids is 1. The van der Waals surface area contributed by atoms with Crippen LogP contribution in [0.5, 0.6) is 0 Å². The number of amides is 1. The fourth-order valence-corrected chi connectivity index (χ4v) is 3.78. The molecule has 2 atom stereocenters. The lowest BCUT2D eigenvalue weighted by atomic mass is 10.0. The summed E-state index contributed by atoms with van der Waals surface area (Å²) in [5.74, 6) is -1.83. The minimum atomic E-state index is -1.22. The van der Waals surface area contributed by atoms with Crippen LogP contribution in [0.4, 0.5) is 0 Å². The highest BCUT2D eigenvalue weighted by molar-refractivity contribution is 8.00. The highest BCUT2D eigenvalue weighted by Crippen LogP contribution is 2.39. The predicted octanol–water partition coefficient (Wildman–Crippen LogP) is 0.425. The van der Waals surface area contributed by atoms with E-state index in [4.69, 9.17) is 10.5 Å². The van der Waals surface area contributed by atoms with E-state index in [0.717, 1.165) is 0 Å². The maximum atomic E-state index is 11.9. The van der Waals surface area contributed by atoms with Crippen LogP contribution in [-0.2, 0) is 14.3 Å². The molecule has 23 heavy (non-hydrogen) atoms. The number of rotatable bonds is 4. The highest BCUT2D eigenvalue weighted by Gasteiger charge is 2.51. The molecule has 2 aliphatic heterocycles. The number of nitrogens with two attached hydrogens (primary N) is 1. The Kier molecular flexibility index (Phi) is 4.10. The third-order valence-corrected chi connectivity index (χ3v) is 5.04. The van der Waals surface area contributed by atoms with E-state index in [1.165, 1.54) is 16.7 Å². The molecule has 1 unspecified atom stereocenters. The monoisotopic (exact) mass is 334 g/mol. The van der Waals surface area contributed by atoms with Crippen LogP contribution in [0.15, 0.2) is 41.6 Å². The fourth-order valence-electron chi connectivity index (χ4n) is 2.50. The number of esters is 1. The summed E-state index contributed by atoms with van der Waals surface area (Å²) in [6, 6.07) is 7.73. The average Bonchev–Trinajstić information content (AvgIpc) is 2.58. The molecule has 1 aromatic carbocycles. The van der Waals surface area contributed by atoms with Crippen LogP contribution in [0.25, 0.3) is 0 Å². The summed E-state index contributed by atoms with van der Waals surface area (Å²) in [4.78, 5) is 36.4. The molecular formula is C15H14N2O5S. The SMILES string of the molecule is NC1C(=O)N2C(C(=O)O)=C(COC(=O)c3ccccc3)CS[C@@H]12. The zero-order chi connectivity index (χ0) is 16.6. The Labute approximate surface area is 136 Å². The molecule has 3 N–H and O–H groups in total. The predicted molar refractivity (Wildman–Crippen MR) is 82.5 cm³/mol. The Morgan fingerprint density at radius 3 is 2.70 bits per heavy atom. The Morgan fingerprint density at radius 2 is 2.04 bits per heavy atom. The Bertz CT molecular complexity index is 703. The van der Waals surface area contributed by atoms with Crippen molar-refractivity contribution in [3.63, 3.8) is 0 Å². The first kappa shape index (κ1) is 15.6. The molecular weight excluding hydrogens is 320 g/mol. The first-order valence-electron chi connectivity index (χ1n) is 6.88. The molecule has 1 aromatic rings. The number of fused-ring (bicyclic) bond motifs is 1. The van der Waals surface area contributed by atoms with Gasteiger partial charge in [-0.1, -0.05) is 18.2 Å². The third-order valence-electron chi connectivity index (χ3n) is 3.68. The van der Waals surface area contributed by atoms with Crippen LogP contribution in [0.3, 0.4) is 0 Å². The minimum Gasteiger partial charge on any atom is -0.477 e. The van der Waals surface area contributed by atoms with Crippen molar-refractivity contribution >= 4 is 29.6 Å². The molecule has 2 heterocycles. The molecule has 2 aliphatic rings. The lowest BCUT2D eigenvalue weighted by Gasteiger charge is -2.47. The van der Waals surface area contributed by atoms with E-state index in [9.17, 15) is 19.5 Å². The second kappa shape index (κ2) is 6.05. The third kappa shape index (κ3) is 2.71. The lowest BCUT2D eigenvalue weighted by Crippen LogP contribution is -2.68. The number of hydrogen-bond acceptors (Lipinski definition) is 6. The molecule has 0 bridgehead atoms. The molecule has 0 spiro atoms. The molecule has 0 aromatic heterocycles. The van der Waals surface area contributed by atoms with Crippen LogP contribution in [-0.4, -0.2) is 51.6 Å². The molecule has 0 aliphatic carbocycles. The molecule has 3 rings (SSSR count). The number of carboxylic acid groups (broad SMARTS) is 1. The summed E-state index contributed by atoms with van der Waals surface area (Å²) in [5, 5.41) is 9.02. The smallest absolute Gasteiger partial charge is 0.352 e. The summed E-state index contributed by atoms with van der Waals surface area (Å²) >= 11 is 1.37. The van der Waals surface area contributed by atoms with Gasteiger partial charge in [-0.3, -0.25) is 9.69 Å². The van der Waals surface area contributed by atoms with Gasteiger partial charge in [0.25, 0.3) is 0 Å². The minimum absolute atomic E-state index is 0.124. The van der Waals surface area contributed by atoms with E-state index in [-0.39, 0.29) is 17.7 Å². The zero-order valence-corrected chi connectivity index (χ0v) is 12.8. The van der Waals surface area contributed by atoms with Crippen molar-refractivity contribution in [2.75, 3.05) is 12.4 Å². The first-order valence-corrected chi connectivity index (χ1v) is 7.93. The standard InChI is InChI=1S/C15H14N2O5S/c16-10-12(18)17-11(14(19)20)9(7-23-13(10)17)6-22-15(21)8-4-2-1-3-5-8/h1-5,10,13H,6-7,16H2,(H,19,20)/t10?,13-/m0/s1. The van der Waals surface area contributed by atoms with Gasteiger partial charge in [-0.25, -0.2) is 9.59 Å². The van der Waals surface area contributed by atoms with E-state index in [0.29, 0.717) is 16.9 Å². The number of thioether (sulfide) groups is 1. The Hall–Kier alpha value is -2.32. The number of benzene rings is 1. The summed E-state index contributed by atoms with van der Waals surface area (Å²) < 4.78 is 5.18. The second-order valence-electron chi connectivity index (χ2n) is 5.14. The van der Waals surface area contributed by atoms with Gasteiger partial charge in [0.05, 0.1) is 5.56 Å². The quantitative estimate of drug-likeness (QED) is 0.606.